The Bertz CT molecular complexity index is 755. The molecule has 0 saturated heterocycles. The highest BCUT2D eigenvalue weighted by Crippen LogP contribution is 2.30. The van der Waals surface area contributed by atoms with Crippen molar-refractivity contribution < 1.29 is 9.59 Å². The van der Waals surface area contributed by atoms with Gasteiger partial charge in [-0.15, -0.1) is 5.10 Å². The molecule has 7 nitrogen and oxygen atoms in total. The van der Waals surface area contributed by atoms with Crippen molar-refractivity contribution in [3.8, 4) is 0 Å². The quantitative estimate of drug-likeness (QED) is 0.629. The van der Waals surface area contributed by atoms with Gasteiger partial charge in [0.15, 0.2) is 5.78 Å². The molecule has 0 aliphatic heterocycles. The van der Waals surface area contributed by atoms with Crippen molar-refractivity contribution in [1.82, 2.24) is 20.2 Å². The van der Waals surface area contributed by atoms with Crippen LogP contribution in [0.4, 0.5) is 5.69 Å². The summed E-state index contributed by atoms with van der Waals surface area (Å²) in [4.78, 5) is 23.6. The summed E-state index contributed by atoms with van der Waals surface area (Å²) >= 11 is 1.33. The molecule has 3 rings (SSSR count). The molecule has 25 heavy (non-hydrogen) atoms. The maximum absolute atomic E-state index is 12.2. The number of rotatable bonds is 6. The SMILES string of the molecule is CC(=O)c1cccc(NC(=O)CSc2nnnn2C2CCCCC2)c1. The molecule has 0 atom stereocenters. The number of anilines is 1. The first-order valence-corrected chi connectivity index (χ1v) is 9.43. The number of Topliss-reactive ketones (excluding diaryl/α,β-unsaturated/α-hetero) is 1. The van der Waals surface area contributed by atoms with Crippen molar-refractivity contribution in [2.45, 2.75) is 50.2 Å². The molecule has 132 valence electrons. The van der Waals surface area contributed by atoms with Crippen LogP contribution in [0.1, 0.15) is 55.4 Å². The van der Waals surface area contributed by atoms with Gasteiger partial charge in [0.2, 0.25) is 11.1 Å². The molecule has 0 bridgehead atoms. The molecule has 0 spiro atoms. The van der Waals surface area contributed by atoms with Gasteiger partial charge in [0.1, 0.15) is 0 Å². The minimum Gasteiger partial charge on any atom is -0.325 e. The lowest BCUT2D eigenvalue weighted by molar-refractivity contribution is -0.113. The van der Waals surface area contributed by atoms with Gasteiger partial charge in [0.25, 0.3) is 0 Å². The number of amides is 1. The smallest absolute Gasteiger partial charge is 0.234 e. The molecule has 1 heterocycles. The third-order valence-corrected chi connectivity index (χ3v) is 5.20. The maximum Gasteiger partial charge on any atom is 0.234 e. The molecule has 1 aromatic heterocycles. The molecule has 1 N–H and O–H groups in total. The Hall–Kier alpha value is -2.22. The number of tetrazole rings is 1. The van der Waals surface area contributed by atoms with E-state index in [0.29, 0.717) is 22.4 Å². The summed E-state index contributed by atoms with van der Waals surface area (Å²) in [5.74, 6) is 0.0400. The van der Waals surface area contributed by atoms with Gasteiger partial charge in [0.05, 0.1) is 11.8 Å². The average molecular weight is 359 g/mol. The van der Waals surface area contributed by atoms with Crippen molar-refractivity contribution in [2.75, 3.05) is 11.1 Å². The molecule has 0 unspecified atom stereocenters. The first-order valence-electron chi connectivity index (χ1n) is 8.45. The van der Waals surface area contributed by atoms with Crippen molar-refractivity contribution in [2.24, 2.45) is 0 Å². The Kier molecular flexibility index (Phi) is 5.80. The number of thioether (sulfide) groups is 1. The second-order valence-corrected chi connectivity index (χ2v) is 7.11. The number of carbonyl (C=O) groups is 2. The molecule has 2 aromatic rings. The van der Waals surface area contributed by atoms with Crippen LogP contribution in [-0.4, -0.2) is 37.7 Å². The summed E-state index contributed by atoms with van der Waals surface area (Å²) in [7, 11) is 0. The molecule has 1 aromatic carbocycles. The van der Waals surface area contributed by atoms with E-state index in [1.807, 2.05) is 4.68 Å². The number of aromatic nitrogens is 4. The molecule has 8 heteroatoms. The summed E-state index contributed by atoms with van der Waals surface area (Å²) in [6, 6.07) is 7.26. The van der Waals surface area contributed by atoms with Crippen LogP contribution >= 0.6 is 11.8 Å². The second-order valence-electron chi connectivity index (χ2n) is 6.17. The maximum atomic E-state index is 12.2. The number of nitrogens with one attached hydrogen (secondary N) is 1. The summed E-state index contributed by atoms with van der Waals surface area (Å²) in [6.07, 6.45) is 5.83. The van der Waals surface area contributed by atoms with Gasteiger partial charge in [-0.3, -0.25) is 9.59 Å². The Labute approximate surface area is 150 Å². The van der Waals surface area contributed by atoms with E-state index in [2.05, 4.69) is 20.8 Å². The van der Waals surface area contributed by atoms with E-state index in [-0.39, 0.29) is 17.4 Å². The fourth-order valence-corrected chi connectivity index (χ4v) is 3.72. The number of ketones is 1. The highest BCUT2D eigenvalue weighted by Gasteiger charge is 2.20. The van der Waals surface area contributed by atoms with Crippen LogP contribution in [-0.2, 0) is 4.79 Å². The van der Waals surface area contributed by atoms with E-state index in [9.17, 15) is 9.59 Å². The predicted octanol–water partition coefficient (Wildman–Crippen LogP) is 3.11. The summed E-state index contributed by atoms with van der Waals surface area (Å²) in [6.45, 7) is 1.50. The lowest BCUT2D eigenvalue weighted by Crippen LogP contribution is -2.17. The van der Waals surface area contributed by atoms with Crippen molar-refractivity contribution >= 4 is 29.1 Å². The van der Waals surface area contributed by atoms with Crippen LogP contribution < -0.4 is 5.32 Å². The zero-order chi connectivity index (χ0) is 17.6. The third kappa shape index (κ3) is 4.66. The number of nitrogens with zero attached hydrogens (tertiary/aromatic N) is 4. The summed E-state index contributed by atoms with van der Waals surface area (Å²) in [5, 5.41) is 15.4. The Balaban J connectivity index is 1.57. The summed E-state index contributed by atoms with van der Waals surface area (Å²) < 4.78 is 1.85. The second kappa shape index (κ2) is 8.24. The molecular weight excluding hydrogens is 338 g/mol. The minimum atomic E-state index is -0.149. The number of hydrogen-bond donors (Lipinski definition) is 1. The number of hydrogen-bond acceptors (Lipinski definition) is 6. The fourth-order valence-electron chi connectivity index (χ4n) is 2.98. The number of carbonyl (C=O) groups excluding carboxylic acids is 2. The lowest BCUT2D eigenvalue weighted by Gasteiger charge is -2.21. The van der Waals surface area contributed by atoms with Crippen LogP contribution in [0, 0.1) is 0 Å². The molecular formula is C17H21N5O2S. The van der Waals surface area contributed by atoms with E-state index >= 15 is 0 Å². The molecule has 1 amide bonds. The van der Waals surface area contributed by atoms with Crippen molar-refractivity contribution in [1.29, 1.82) is 0 Å². The van der Waals surface area contributed by atoms with E-state index in [4.69, 9.17) is 0 Å². The van der Waals surface area contributed by atoms with Gasteiger partial charge < -0.3 is 5.32 Å². The van der Waals surface area contributed by atoms with Crippen molar-refractivity contribution in [3.63, 3.8) is 0 Å². The highest BCUT2D eigenvalue weighted by atomic mass is 32.2. The largest absolute Gasteiger partial charge is 0.325 e. The van der Waals surface area contributed by atoms with Gasteiger partial charge in [0, 0.05) is 11.3 Å². The number of benzene rings is 1. The normalized spacial score (nSPS) is 15.1. The Morgan fingerprint density at radius 3 is 2.84 bits per heavy atom. The first kappa shape index (κ1) is 17.6. The molecule has 1 fully saturated rings. The summed E-state index contributed by atoms with van der Waals surface area (Å²) in [5.41, 5.74) is 1.19. The third-order valence-electron chi connectivity index (χ3n) is 4.27. The zero-order valence-electron chi connectivity index (χ0n) is 14.1. The standard InChI is InChI=1S/C17H21N5O2S/c1-12(23)13-6-5-7-14(10-13)18-16(24)11-25-17-19-20-21-22(17)15-8-3-2-4-9-15/h5-7,10,15H,2-4,8-9,11H2,1H3,(H,18,24). The lowest BCUT2D eigenvalue weighted by atomic mass is 9.96. The molecule has 1 saturated carbocycles. The minimum absolute atomic E-state index is 0.0304. The van der Waals surface area contributed by atoms with Gasteiger partial charge in [-0.2, -0.15) is 0 Å². The van der Waals surface area contributed by atoms with E-state index in [1.54, 1.807) is 24.3 Å². The monoisotopic (exact) mass is 359 g/mol. The zero-order valence-corrected chi connectivity index (χ0v) is 15.0. The molecule has 1 aliphatic carbocycles. The molecule has 0 radical (unpaired) electrons. The van der Waals surface area contributed by atoms with E-state index in [1.165, 1.54) is 37.9 Å². The van der Waals surface area contributed by atoms with Gasteiger partial charge in [-0.1, -0.05) is 43.2 Å². The van der Waals surface area contributed by atoms with Gasteiger partial charge in [-0.05, 0) is 42.3 Å². The fraction of sp³-hybridized carbons (Fsp3) is 0.471. The van der Waals surface area contributed by atoms with Gasteiger partial charge >= 0.3 is 0 Å². The first-order chi connectivity index (χ1) is 12.1. The average Bonchev–Trinajstić information content (AvgIpc) is 3.09. The topological polar surface area (TPSA) is 89.8 Å². The van der Waals surface area contributed by atoms with E-state index in [0.717, 1.165) is 12.8 Å². The van der Waals surface area contributed by atoms with Crippen molar-refractivity contribution in [3.05, 3.63) is 29.8 Å². The highest BCUT2D eigenvalue weighted by molar-refractivity contribution is 7.99. The van der Waals surface area contributed by atoms with Crippen LogP contribution in [0.5, 0.6) is 0 Å². The predicted molar refractivity (Wildman–Crippen MR) is 95.7 cm³/mol. The van der Waals surface area contributed by atoms with Gasteiger partial charge in [-0.25, -0.2) is 4.68 Å². The van der Waals surface area contributed by atoms with Crippen LogP contribution in [0.25, 0.3) is 0 Å². The molecule has 1 aliphatic rings. The van der Waals surface area contributed by atoms with Crippen LogP contribution in [0.2, 0.25) is 0 Å². The van der Waals surface area contributed by atoms with E-state index < -0.39 is 0 Å². The van der Waals surface area contributed by atoms with Crippen LogP contribution in [0.15, 0.2) is 29.4 Å². The van der Waals surface area contributed by atoms with Crippen LogP contribution in [0.3, 0.4) is 0 Å². The Morgan fingerprint density at radius 2 is 2.08 bits per heavy atom. The Morgan fingerprint density at radius 1 is 1.28 bits per heavy atom.